The van der Waals surface area contributed by atoms with Gasteiger partial charge in [-0.2, -0.15) is 0 Å². The second kappa shape index (κ2) is 5.81. The number of anilines is 1. The van der Waals surface area contributed by atoms with Crippen LogP contribution < -0.4 is 10.9 Å². The van der Waals surface area contributed by atoms with Crippen molar-refractivity contribution in [2.45, 2.75) is 26.3 Å². The van der Waals surface area contributed by atoms with E-state index in [1.54, 1.807) is 13.4 Å². The average molecular weight is 333 g/mol. The molecule has 1 aliphatic heterocycles. The fourth-order valence-corrected chi connectivity index (χ4v) is 3.02. The summed E-state index contributed by atoms with van der Waals surface area (Å²) in [4.78, 5) is 26.1. The van der Waals surface area contributed by atoms with Crippen molar-refractivity contribution in [1.82, 2.24) is 14.5 Å². The molecule has 6 heteroatoms. The van der Waals surface area contributed by atoms with Crippen LogP contribution in [0.4, 0.5) is 11.5 Å². The summed E-state index contributed by atoms with van der Waals surface area (Å²) in [7, 11) is 1.70. The Bertz CT molecular complexity index is 1070. The maximum Gasteiger partial charge on any atom is 0.264 e. The van der Waals surface area contributed by atoms with Crippen molar-refractivity contribution in [3.63, 3.8) is 0 Å². The molecule has 0 fully saturated rings. The molecule has 1 N–H and O–H groups in total. The van der Waals surface area contributed by atoms with Crippen molar-refractivity contribution in [3.05, 3.63) is 46.5 Å². The molecule has 2 aromatic heterocycles. The Morgan fingerprint density at radius 2 is 2.08 bits per heavy atom. The summed E-state index contributed by atoms with van der Waals surface area (Å²) in [5, 5.41) is 3.81. The van der Waals surface area contributed by atoms with Gasteiger partial charge in [-0.25, -0.2) is 9.97 Å². The van der Waals surface area contributed by atoms with E-state index in [1.807, 2.05) is 38.3 Å². The zero-order chi connectivity index (χ0) is 17.6. The van der Waals surface area contributed by atoms with Crippen molar-refractivity contribution < 1.29 is 0 Å². The number of aromatic nitrogens is 3. The average Bonchev–Trinajstić information content (AvgIpc) is 3.05. The number of aryl methyl sites for hydroxylation is 1. The van der Waals surface area contributed by atoms with Crippen molar-refractivity contribution >= 4 is 28.6 Å². The number of pyridine rings is 1. The van der Waals surface area contributed by atoms with Gasteiger partial charge in [-0.3, -0.25) is 9.79 Å². The van der Waals surface area contributed by atoms with Crippen molar-refractivity contribution in [1.29, 1.82) is 0 Å². The molecule has 0 spiro atoms. The van der Waals surface area contributed by atoms with Crippen LogP contribution in [0.3, 0.4) is 0 Å². The van der Waals surface area contributed by atoms with Crippen LogP contribution in [0.1, 0.15) is 19.4 Å². The van der Waals surface area contributed by atoms with E-state index in [0.717, 1.165) is 23.4 Å². The van der Waals surface area contributed by atoms with Gasteiger partial charge in [-0.05, 0) is 37.6 Å². The van der Waals surface area contributed by atoms with Gasteiger partial charge in [-0.1, -0.05) is 6.07 Å². The van der Waals surface area contributed by atoms with Crippen molar-refractivity contribution in [2.24, 2.45) is 12.0 Å². The van der Waals surface area contributed by atoms with Crippen molar-refractivity contribution in [3.8, 4) is 11.3 Å². The predicted octanol–water partition coefficient (Wildman–Crippen LogP) is 3.07. The van der Waals surface area contributed by atoms with Gasteiger partial charge in [0.05, 0.1) is 23.2 Å². The number of rotatable bonds is 3. The highest BCUT2D eigenvalue weighted by molar-refractivity contribution is 5.91. The Morgan fingerprint density at radius 1 is 1.24 bits per heavy atom. The largest absolute Gasteiger partial charge is 0.367 e. The van der Waals surface area contributed by atoms with Crippen LogP contribution in [0.15, 0.2) is 40.4 Å². The smallest absolute Gasteiger partial charge is 0.264 e. The molecule has 0 aliphatic carbocycles. The lowest BCUT2D eigenvalue weighted by atomic mass is 10.0. The maximum absolute atomic E-state index is 12.6. The van der Waals surface area contributed by atoms with Crippen LogP contribution in [0.25, 0.3) is 22.2 Å². The molecule has 3 heterocycles. The van der Waals surface area contributed by atoms with Gasteiger partial charge in [0.15, 0.2) is 0 Å². The van der Waals surface area contributed by atoms with E-state index < -0.39 is 0 Å². The molecule has 4 rings (SSSR count). The summed E-state index contributed by atoms with van der Waals surface area (Å²) in [5.41, 5.74) is 4.54. The minimum absolute atomic E-state index is 0.102. The molecule has 0 saturated carbocycles. The topological polar surface area (TPSA) is 72.2 Å². The third-order valence-corrected chi connectivity index (χ3v) is 4.25. The standard InChI is InChI=1S/C19H19N5O/c1-11(2)22-18-17-16(21-10-24(3)19(17)25)9-15(23-18)12-4-5-14-13(8-12)6-7-20-14/h4-5,7-11H,6H2,1-3H3,(H,22,23). The van der Waals surface area contributed by atoms with Gasteiger partial charge >= 0.3 is 0 Å². The van der Waals surface area contributed by atoms with Crippen LogP contribution in [0.5, 0.6) is 0 Å². The third-order valence-electron chi connectivity index (χ3n) is 4.25. The van der Waals surface area contributed by atoms with Crippen LogP contribution in [-0.2, 0) is 13.5 Å². The molecule has 25 heavy (non-hydrogen) atoms. The highest BCUT2D eigenvalue weighted by atomic mass is 16.1. The number of aliphatic imine (C=N–C) groups is 1. The normalized spacial score (nSPS) is 12.8. The summed E-state index contributed by atoms with van der Waals surface area (Å²) in [6.07, 6.45) is 4.30. The number of nitrogens with one attached hydrogen (secondary N) is 1. The first-order chi connectivity index (χ1) is 12.0. The summed E-state index contributed by atoms with van der Waals surface area (Å²) in [5.74, 6) is 0.577. The molecular weight excluding hydrogens is 314 g/mol. The molecule has 6 nitrogen and oxygen atoms in total. The van der Waals surface area contributed by atoms with Crippen LogP contribution in [0.2, 0.25) is 0 Å². The Balaban J connectivity index is 1.94. The Morgan fingerprint density at radius 3 is 2.88 bits per heavy atom. The first kappa shape index (κ1) is 15.5. The molecule has 3 aromatic rings. The third kappa shape index (κ3) is 2.69. The maximum atomic E-state index is 12.6. The van der Waals surface area contributed by atoms with Gasteiger partial charge in [-0.15, -0.1) is 0 Å². The van der Waals surface area contributed by atoms with E-state index in [-0.39, 0.29) is 11.6 Å². The lowest BCUT2D eigenvalue weighted by molar-refractivity contribution is 0.839. The summed E-state index contributed by atoms with van der Waals surface area (Å²) < 4.78 is 1.47. The fraction of sp³-hybridized carbons (Fsp3) is 0.263. The Hall–Kier alpha value is -3.02. The molecule has 0 radical (unpaired) electrons. The van der Waals surface area contributed by atoms with Gasteiger partial charge in [0.2, 0.25) is 0 Å². The molecule has 126 valence electrons. The first-order valence-corrected chi connectivity index (χ1v) is 8.31. The number of nitrogens with zero attached hydrogens (tertiary/aromatic N) is 4. The first-order valence-electron chi connectivity index (χ1n) is 8.31. The minimum atomic E-state index is -0.102. The lowest BCUT2D eigenvalue weighted by Gasteiger charge is -2.14. The highest BCUT2D eigenvalue weighted by Crippen LogP contribution is 2.31. The Labute approximate surface area is 145 Å². The molecule has 0 saturated heterocycles. The minimum Gasteiger partial charge on any atom is -0.367 e. The number of hydrogen-bond donors (Lipinski definition) is 1. The van der Waals surface area contributed by atoms with E-state index in [9.17, 15) is 4.79 Å². The lowest BCUT2D eigenvalue weighted by Crippen LogP contribution is -2.21. The van der Waals surface area contributed by atoms with Crippen LogP contribution in [-0.4, -0.2) is 26.8 Å². The number of fused-ring (bicyclic) bond motifs is 2. The van der Waals surface area contributed by atoms with E-state index >= 15 is 0 Å². The van der Waals surface area contributed by atoms with Gasteiger partial charge in [0, 0.05) is 31.3 Å². The Kier molecular flexibility index (Phi) is 3.60. The zero-order valence-electron chi connectivity index (χ0n) is 14.4. The van der Waals surface area contributed by atoms with E-state index in [1.165, 1.54) is 10.1 Å². The van der Waals surface area contributed by atoms with Gasteiger partial charge in [0.1, 0.15) is 11.2 Å². The fourth-order valence-electron chi connectivity index (χ4n) is 3.02. The van der Waals surface area contributed by atoms with E-state index in [0.29, 0.717) is 16.7 Å². The SMILES string of the molecule is CC(C)Nc1nc(-c2ccc3c(c2)CC=N3)cc2ncn(C)c(=O)c12. The van der Waals surface area contributed by atoms with Crippen molar-refractivity contribution in [2.75, 3.05) is 5.32 Å². The van der Waals surface area contributed by atoms with Crippen LogP contribution in [0, 0.1) is 0 Å². The molecule has 0 unspecified atom stereocenters. The highest BCUT2D eigenvalue weighted by Gasteiger charge is 2.15. The molecule has 1 aliphatic rings. The monoisotopic (exact) mass is 333 g/mol. The number of benzene rings is 1. The quantitative estimate of drug-likeness (QED) is 0.799. The number of hydrogen-bond acceptors (Lipinski definition) is 5. The zero-order valence-corrected chi connectivity index (χ0v) is 14.4. The predicted molar refractivity (Wildman–Crippen MR) is 101 cm³/mol. The van der Waals surface area contributed by atoms with Gasteiger partial charge < -0.3 is 9.88 Å². The van der Waals surface area contributed by atoms with Gasteiger partial charge in [0.25, 0.3) is 5.56 Å². The molecule has 0 atom stereocenters. The molecular formula is C19H19N5O. The van der Waals surface area contributed by atoms with Crippen LogP contribution >= 0.6 is 0 Å². The summed E-state index contributed by atoms with van der Waals surface area (Å²) in [6, 6.07) is 8.16. The summed E-state index contributed by atoms with van der Waals surface area (Å²) >= 11 is 0. The van der Waals surface area contributed by atoms with E-state index in [4.69, 9.17) is 4.98 Å². The second-order valence-corrected chi connectivity index (χ2v) is 6.57. The second-order valence-electron chi connectivity index (χ2n) is 6.57. The molecule has 0 bridgehead atoms. The summed E-state index contributed by atoms with van der Waals surface area (Å²) in [6.45, 7) is 4.04. The molecule has 1 aromatic carbocycles. The van der Waals surface area contributed by atoms with E-state index in [2.05, 4.69) is 21.4 Å². The molecule has 0 amide bonds.